The number of methoxy groups -OCH3 is 1. The first-order valence-electron chi connectivity index (χ1n) is 11.8. The normalized spacial score (nSPS) is 13.2. The molecule has 1 fully saturated rings. The van der Waals surface area contributed by atoms with Crippen LogP contribution >= 0.6 is 0 Å². The topological polar surface area (TPSA) is 70.7 Å². The second kappa shape index (κ2) is 16.4. The molecule has 0 aliphatic heterocycles. The molecular weight excluding hydrogens is 465 g/mol. The minimum Gasteiger partial charge on any atom is -0.496 e. The summed E-state index contributed by atoms with van der Waals surface area (Å²) in [5, 5.41) is 6.27. The van der Waals surface area contributed by atoms with Gasteiger partial charge in [-0.1, -0.05) is 19.8 Å². The van der Waals surface area contributed by atoms with Crippen molar-refractivity contribution in [1.29, 1.82) is 0 Å². The molecule has 1 amide bonds. The van der Waals surface area contributed by atoms with Gasteiger partial charge in [-0.3, -0.25) is 22.8 Å². The Hall–Kier alpha value is -1.35. The molecule has 0 radical (unpaired) electrons. The molecule has 0 aromatic heterocycles. The summed E-state index contributed by atoms with van der Waals surface area (Å²) in [5.41, 5.74) is 5.14. The van der Waals surface area contributed by atoms with Crippen LogP contribution in [0.15, 0.2) is 30.3 Å². The van der Waals surface area contributed by atoms with Crippen molar-refractivity contribution in [3.8, 4) is 5.75 Å². The van der Waals surface area contributed by atoms with Crippen LogP contribution in [-0.2, 0) is 9.59 Å². The van der Waals surface area contributed by atoms with Gasteiger partial charge >= 0.3 is 51.4 Å². The number of nitrogens with zero attached hydrogens (tertiary/aromatic N) is 1. The van der Waals surface area contributed by atoms with Crippen LogP contribution in [0, 0.1) is 33.1 Å². The van der Waals surface area contributed by atoms with Crippen LogP contribution in [-0.4, -0.2) is 51.4 Å². The van der Waals surface area contributed by atoms with Gasteiger partial charge in [0.15, 0.2) is 0 Å². The van der Waals surface area contributed by atoms with Crippen molar-refractivity contribution in [3.63, 3.8) is 0 Å². The van der Waals surface area contributed by atoms with Gasteiger partial charge in [0, 0.05) is 24.7 Å². The SMILES string of the molecule is COc1ccc(NC(=O)C2CC[CH-]CC2)cc1C.[CH2-]c1c(C)cc(NCCN(C)C)cc1[C-]=O.[K+]. The van der Waals surface area contributed by atoms with E-state index in [-0.39, 0.29) is 63.2 Å². The number of carbonyl (C=O) groups excluding carboxylic acids is 2. The quantitative estimate of drug-likeness (QED) is 0.426. The van der Waals surface area contributed by atoms with Gasteiger partial charge in [-0.2, -0.15) is 18.9 Å². The summed E-state index contributed by atoms with van der Waals surface area (Å²) in [5.74, 6) is 1.16. The van der Waals surface area contributed by atoms with E-state index in [4.69, 9.17) is 4.74 Å². The summed E-state index contributed by atoms with van der Waals surface area (Å²) >= 11 is 0. The molecule has 6 nitrogen and oxygen atoms in total. The number of carbonyl (C=O) groups is 1. The zero-order chi connectivity index (χ0) is 25.1. The fraction of sp³-hybridized carbons (Fsp3) is 0.429. The summed E-state index contributed by atoms with van der Waals surface area (Å²) in [7, 11) is 5.70. The van der Waals surface area contributed by atoms with E-state index in [0.29, 0.717) is 5.56 Å². The van der Waals surface area contributed by atoms with Crippen molar-refractivity contribution in [2.24, 2.45) is 5.92 Å². The number of anilines is 2. The molecule has 1 aliphatic carbocycles. The molecule has 1 saturated carbocycles. The smallest absolute Gasteiger partial charge is 0.496 e. The van der Waals surface area contributed by atoms with Crippen molar-refractivity contribution in [2.75, 3.05) is 44.9 Å². The van der Waals surface area contributed by atoms with E-state index in [1.807, 2.05) is 58.5 Å². The van der Waals surface area contributed by atoms with Crippen LogP contribution in [0.25, 0.3) is 0 Å². The van der Waals surface area contributed by atoms with Gasteiger partial charge in [0.2, 0.25) is 5.91 Å². The third-order valence-electron chi connectivity index (χ3n) is 5.94. The van der Waals surface area contributed by atoms with Crippen molar-refractivity contribution < 1.29 is 65.7 Å². The molecule has 2 aromatic rings. The van der Waals surface area contributed by atoms with Crippen LogP contribution in [0.4, 0.5) is 11.4 Å². The Morgan fingerprint density at radius 1 is 1.14 bits per heavy atom. The van der Waals surface area contributed by atoms with Gasteiger partial charge in [-0.25, -0.2) is 5.56 Å². The summed E-state index contributed by atoms with van der Waals surface area (Å²) < 4.78 is 5.20. The second-order valence-electron chi connectivity index (χ2n) is 8.97. The first kappa shape index (κ1) is 31.7. The van der Waals surface area contributed by atoms with E-state index in [1.54, 1.807) is 13.2 Å². The number of aryl methyl sites for hydroxylation is 2. The Morgan fingerprint density at radius 3 is 2.37 bits per heavy atom. The van der Waals surface area contributed by atoms with Crippen LogP contribution < -0.4 is 66.8 Å². The Labute approximate surface area is 254 Å². The zero-order valence-electron chi connectivity index (χ0n) is 22.2. The molecule has 0 spiro atoms. The van der Waals surface area contributed by atoms with E-state index in [9.17, 15) is 9.59 Å². The first-order valence-corrected chi connectivity index (χ1v) is 11.8. The molecule has 0 saturated heterocycles. The number of ether oxygens (including phenoxy) is 1. The van der Waals surface area contributed by atoms with Crippen LogP contribution in [0.5, 0.6) is 5.75 Å². The Kier molecular flexibility index (Phi) is 14.8. The standard InChI is InChI=1S/C15H20NO2.C13H18N2O.K/c1-11-10-13(8-9-14(11)18-2)16-15(17)12-6-4-3-5-7-12;1-10-7-13(14-5-6-15(3)4)8-12(9-16)11(10)2;/h3,8-10,12H,4-7H2,1-2H3,(H,16,17);7-8,14H,2,5-6H2,1,3-4H3;/q-1;-2;+1. The fourth-order valence-corrected chi connectivity index (χ4v) is 3.82. The molecule has 1 aliphatic rings. The third-order valence-corrected chi connectivity index (χ3v) is 5.94. The van der Waals surface area contributed by atoms with Gasteiger partial charge in [-0.15, -0.1) is 6.07 Å². The maximum Gasteiger partial charge on any atom is 1.00 e. The molecule has 0 bridgehead atoms. The molecule has 3 rings (SSSR count). The largest absolute Gasteiger partial charge is 1.00 e. The van der Waals surface area contributed by atoms with Gasteiger partial charge in [0.25, 0.3) is 0 Å². The number of rotatable bonds is 8. The Morgan fingerprint density at radius 2 is 1.80 bits per heavy atom. The first-order chi connectivity index (χ1) is 16.2. The van der Waals surface area contributed by atoms with Crippen molar-refractivity contribution in [2.45, 2.75) is 39.5 Å². The van der Waals surface area contributed by atoms with Gasteiger partial charge in [-0.05, 0) is 56.8 Å². The molecule has 0 heterocycles. The van der Waals surface area contributed by atoms with E-state index < -0.39 is 0 Å². The van der Waals surface area contributed by atoms with Crippen molar-refractivity contribution in [1.82, 2.24) is 4.90 Å². The van der Waals surface area contributed by atoms with E-state index in [2.05, 4.69) is 28.9 Å². The van der Waals surface area contributed by atoms with E-state index in [0.717, 1.165) is 72.6 Å². The maximum absolute atomic E-state index is 12.1. The minimum atomic E-state index is 0. The molecule has 2 aromatic carbocycles. The predicted octanol–water partition coefficient (Wildman–Crippen LogP) is 1.95. The average Bonchev–Trinajstić information content (AvgIpc) is 2.82. The molecule has 186 valence electrons. The Balaban J connectivity index is 0.000000343. The number of amides is 1. The van der Waals surface area contributed by atoms with Gasteiger partial charge in [0.1, 0.15) is 5.75 Å². The van der Waals surface area contributed by atoms with Crippen LogP contribution in [0.2, 0.25) is 0 Å². The summed E-state index contributed by atoms with van der Waals surface area (Å²) in [6.07, 6.45) is 8.23. The van der Waals surface area contributed by atoms with Crippen LogP contribution in [0.3, 0.4) is 0 Å². The Bertz CT molecular complexity index is 957. The van der Waals surface area contributed by atoms with Crippen molar-refractivity contribution >= 4 is 23.6 Å². The average molecular weight is 504 g/mol. The zero-order valence-corrected chi connectivity index (χ0v) is 25.3. The number of hydrogen-bond donors (Lipinski definition) is 2. The minimum absolute atomic E-state index is 0. The molecular formula is C28H38KN3O3-2. The summed E-state index contributed by atoms with van der Waals surface area (Å²) in [6, 6.07) is 9.51. The van der Waals surface area contributed by atoms with E-state index >= 15 is 0 Å². The van der Waals surface area contributed by atoms with Gasteiger partial charge in [0.05, 0.1) is 7.11 Å². The number of nitrogens with one attached hydrogen (secondary N) is 2. The molecule has 0 atom stereocenters. The van der Waals surface area contributed by atoms with Gasteiger partial charge < -0.3 is 31.5 Å². The van der Waals surface area contributed by atoms with Crippen molar-refractivity contribution in [3.05, 3.63) is 65.9 Å². The number of likely N-dealkylation sites (N-methyl/N-ethyl adjacent to an activating group) is 1. The summed E-state index contributed by atoms with van der Waals surface area (Å²) in [4.78, 5) is 24.9. The number of benzene rings is 2. The third kappa shape index (κ3) is 10.7. The fourth-order valence-electron chi connectivity index (χ4n) is 3.82. The molecule has 0 unspecified atom stereocenters. The predicted molar refractivity (Wildman–Crippen MR) is 140 cm³/mol. The molecule has 7 heteroatoms. The monoisotopic (exact) mass is 503 g/mol. The van der Waals surface area contributed by atoms with Crippen LogP contribution in [0.1, 0.15) is 47.9 Å². The molecule has 35 heavy (non-hydrogen) atoms. The molecule has 2 N–H and O–H groups in total. The summed E-state index contributed by atoms with van der Waals surface area (Å²) in [6.45, 7) is 9.56. The maximum atomic E-state index is 12.1. The number of hydrogen-bond acceptors (Lipinski definition) is 5. The van der Waals surface area contributed by atoms with E-state index in [1.165, 1.54) is 0 Å². The second-order valence-corrected chi connectivity index (χ2v) is 8.97.